The van der Waals surface area contributed by atoms with Gasteiger partial charge in [0, 0.05) is 26.1 Å². The lowest BCUT2D eigenvalue weighted by atomic mass is 10.0. The van der Waals surface area contributed by atoms with Gasteiger partial charge in [-0.15, -0.1) is 5.10 Å². The minimum atomic E-state index is -4.65. The Bertz CT molecular complexity index is 665. The zero-order chi connectivity index (χ0) is 17.5. The van der Waals surface area contributed by atoms with Gasteiger partial charge in [0.25, 0.3) is 0 Å². The van der Waals surface area contributed by atoms with Crippen molar-refractivity contribution in [3.05, 3.63) is 16.3 Å². The van der Waals surface area contributed by atoms with Crippen molar-refractivity contribution in [2.24, 2.45) is 13.0 Å². The van der Waals surface area contributed by atoms with Gasteiger partial charge in [0.05, 0.1) is 6.04 Å². The number of rotatable bonds is 2. The Labute approximate surface area is 137 Å². The van der Waals surface area contributed by atoms with Gasteiger partial charge >= 0.3 is 11.9 Å². The highest BCUT2D eigenvalue weighted by Crippen LogP contribution is 2.30. The summed E-state index contributed by atoms with van der Waals surface area (Å²) in [7, 11) is 1.08. The Morgan fingerprint density at radius 2 is 1.71 bits per heavy atom. The van der Waals surface area contributed by atoms with E-state index in [0.717, 1.165) is 37.4 Å². The van der Waals surface area contributed by atoms with Gasteiger partial charge in [-0.05, 0) is 25.7 Å². The van der Waals surface area contributed by atoms with E-state index in [1.807, 2.05) is 0 Å². The lowest BCUT2D eigenvalue weighted by molar-refractivity contribution is -0.147. The van der Waals surface area contributed by atoms with Crippen molar-refractivity contribution >= 4 is 5.91 Å². The molecule has 1 saturated carbocycles. The van der Waals surface area contributed by atoms with Crippen LogP contribution in [0.4, 0.5) is 13.2 Å². The predicted molar refractivity (Wildman–Crippen MR) is 79.3 cm³/mol. The Morgan fingerprint density at radius 1 is 1.12 bits per heavy atom. The van der Waals surface area contributed by atoms with Crippen molar-refractivity contribution in [1.29, 1.82) is 0 Å². The van der Waals surface area contributed by atoms with Crippen LogP contribution >= 0.6 is 0 Å². The summed E-state index contributed by atoms with van der Waals surface area (Å²) < 4.78 is 40.1. The first kappa shape index (κ1) is 17.0. The molecule has 0 aromatic carbocycles. The van der Waals surface area contributed by atoms with Gasteiger partial charge in [0.1, 0.15) is 0 Å². The summed E-state index contributed by atoms with van der Waals surface area (Å²) in [4.78, 5) is 26.2. The molecule has 0 radical (unpaired) electrons. The minimum Gasteiger partial charge on any atom is -0.342 e. The maximum absolute atomic E-state index is 12.9. The largest absolute Gasteiger partial charge is 0.451 e. The molecule has 1 aromatic heterocycles. The van der Waals surface area contributed by atoms with Crippen LogP contribution in [0.1, 0.15) is 50.4 Å². The van der Waals surface area contributed by atoms with E-state index in [-0.39, 0.29) is 11.8 Å². The molecule has 9 heteroatoms. The van der Waals surface area contributed by atoms with Crippen LogP contribution in [0.2, 0.25) is 0 Å². The van der Waals surface area contributed by atoms with Gasteiger partial charge in [0.15, 0.2) is 0 Å². The highest BCUT2D eigenvalue weighted by atomic mass is 19.4. The van der Waals surface area contributed by atoms with E-state index in [4.69, 9.17) is 0 Å². The SMILES string of the molecule is Cn1c(C(F)(F)F)nn(C2CCN(C(=O)C3CCCC3)CC2)c1=O. The van der Waals surface area contributed by atoms with Crippen LogP contribution in [-0.4, -0.2) is 38.2 Å². The van der Waals surface area contributed by atoms with E-state index in [2.05, 4.69) is 5.10 Å². The molecule has 0 unspecified atom stereocenters. The summed E-state index contributed by atoms with van der Waals surface area (Å²) >= 11 is 0. The van der Waals surface area contributed by atoms with Crippen molar-refractivity contribution in [1.82, 2.24) is 19.2 Å². The highest BCUT2D eigenvalue weighted by Gasteiger charge is 2.39. The maximum Gasteiger partial charge on any atom is 0.451 e. The molecule has 2 heterocycles. The van der Waals surface area contributed by atoms with Crippen LogP contribution in [0.3, 0.4) is 0 Å². The summed E-state index contributed by atoms with van der Waals surface area (Å²) in [6.07, 6.45) is 0.255. The monoisotopic (exact) mass is 346 g/mol. The minimum absolute atomic E-state index is 0.0935. The van der Waals surface area contributed by atoms with Crippen molar-refractivity contribution in [2.75, 3.05) is 13.1 Å². The average molecular weight is 346 g/mol. The van der Waals surface area contributed by atoms with Crippen molar-refractivity contribution in [2.45, 2.75) is 50.7 Å². The Kier molecular flexibility index (Phi) is 4.44. The zero-order valence-corrected chi connectivity index (χ0v) is 13.6. The van der Waals surface area contributed by atoms with Crippen LogP contribution in [0.25, 0.3) is 0 Å². The molecule has 3 rings (SSSR count). The average Bonchev–Trinajstić information content (AvgIpc) is 3.16. The number of piperidine rings is 1. The molecule has 0 bridgehead atoms. The topological polar surface area (TPSA) is 60.1 Å². The lowest BCUT2D eigenvalue weighted by Gasteiger charge is -2.33. The van der Waals surface area contributed by atoms with Gasteiger partial charge in [0.2, 0.25) is 11.7 Å². The molecule has 1 aliphatic heterocycles. The Morgan fingerprint density at radius 3 is 2.21 bits per heavy atom. The lowest BCUT2D eigenvalue weighted by Crippen LogP contribution is -2.43. The van der Waals surface area contributed by atoms with E-state index >= 15 is 0 Å². The standard InChI is InChI=1S/C15H21F3N4O2/c1-20-13(15(16,17)18)19-22(14(20)24)11-6-8-21(9-7-11)12(23)10-4-2-3-5-10/h10-11H,2-9H2,1H3. The highest BCUT2D eigenvalue weighted by molar-refractivity contribution is 5.79. The molecular formula is C15H21F3N4O2. The molecule has 134 valence electrons. The predicted octanol–water partition coefficient (Wildman–Crippen LogP) is 1.95. The number of hydrogen-bond acceptors (Lipinski definition) is 3. The van der Waals surface area contributed by atoms with E-state index in [0.29, 0.717) is 30.5 Å². The normalized spacial score (nSPS) is 20.8. The fraction of sp³-hybridized carbons (Fsp3) is 0.800. The number of aromatic nitrogens is 3. The molecule has 0 N–H and O–H groups in total. The molecule has 24 heavy (non-hydrogen) atoms. The Hall–Kier alpha value is -1.80. The molecule has 1 saturated heterocycles. The first-order valence-electron chi connectivity index (χ1n) is 8.30. The van der Waals surface area contributed by atoms with Gasteiger partial charge in [-0.3, -0.25) is 9.36 Å². The number of likely N-dealkylation sites (tertiary alicyclic amines) is 1. The second-order valence-electron chi connectivity index (χ2n) is 6.65. The molecule has 0 atom stereocenters. The molecule has 0 spiro atoms. The molecule has 1 aliphatic carbocycles. The van der Waals surface area contributed by atoms with Crippen molar-refractivity contribution in [3.8, 4) is 0 Å². The first-order chi connectivity index (χ1) is 11.3. The fourth-order valence-electron chi connectivity index (χ4n) is 3.70. The van der Waals surface area contributed by atoms with Gasteiger partial charge < -0.3 is 4.90 Å². The first-order valence-corrected chi connectivity index (χ1v) is 8.30. The molecule has 1 amide bonds. The summed E-state index contributed by atoms with van der Waals surface area (Å²) in [5.41, 5.74) is -0.761. The smallest absolute Gasteiger partial charge is 0.342 e. The van der Waals surface area contributed by atoms with E-state index in [9.17, 15) is 22.8 Å². The molecular weight excluding hydrogens is 325 g/mol. The molecule has 2 aliphatic rings. The third-order valence-electron chi connectivity index (χ3n) is 5.08. The number of halogens is 3. The summed E-state index contributed by atoms with van der Waals surface area (Å²) in [5.74, 6) is -0.941. The molecule has 2 fully saturated rings. The van der Waals surface area contributed by atoms with Crippen LogP contribution in [0.5, 0.6) is 0 Å². The maximum atomic E-state index is 12.9. The quantitative estimate of drug-likeness (QED) is 0.822. The van der Waals surface area contributed by atoms with E-state index in [1.165, 1.54) is 0 Å². The number of nitrogens with zero attached hydrogens (tertiary/aromatic N) is 4. The number of carbonyl (C=O) groups is 1. The number of hydrogen-bond donors (Lipinski definition) is 0. The third-order valence-corrected chi connectivity index (χ3v) is 5.08. The number of carbonyl (C=O) groups excluding carboxylic acids is 1. The second kappa shape index (κ2) is 6.25. The molecule has 6 nitrogen and oxygen atoms in total. The van der Waals surface area contributed by atoms with Crippen LogP contribution in [-0.2, 0) is 18.0 Å². The van der Waals surface area contributed by atoms with Crippen molar-refractivity contribution in [3.63, 3.8) is 0 Å². The third kappa shape index (κ3) is 3.08. The Balaban J connectivity index is 1.69. The zero-order valence-electron chi connectivity index (χ0n) is 13.6. The van der Waals surface area contributed by atoms with Gasteiger partial charge in [-0.2, -0.15) is 13.2 Å². The van der Waals surface area contributed by atoms with Crippen LogP contribution < -0.4 is 5.69 Å². The summed E-state index contributed by atoms with van der Waals surface area (Å²) in [6.45, 7) is 0.925. The number of amides is 1. The van der Waals surface area contributed by atoms with E-state index in [1.54, 1.807) is 4.90 Å². The van der Waals surface area contributed by atoms with Crippen molar-refractivity contribution < 1.29 is 18.0 Å². The van der Waals surface area contributed by atoms with Crippen LogP contribution in [0, 0.1) is 5.92 Å². The van der Waals surface area contributed by atoms with Gasteiger partial charge in [-0.1, -0.05) is 12.8 Å². The second-order valence-corrected chi connectivity index (χ2v) is 6.65. The van der Waals surface area contributed by atoms with E-state index < -0.39 is 23.7 Å². The summed E-state index contributed by atoms with van der Waals surface area (Å²) in [6, 6.07) is -0.396. The number of alkyl halides is 3. The van der Waals surface area contributed by atoms with Gasteiger partial charge in [-0.25, -0.2) is 9.48 Å². The van der Waals surface area contributed by atoms with Crippen LogP contribution in [0.15, 0.2) is 4.79 Å². The molecule has 1 aromatic rings. The summed E-state index contributed by atoms with van der Waals surface area (Å²) in [5, 5.41) is 3.49. The fourth-order valence-corrected chi connectivity index (χ4v) is 3.70.